The van der Waals surface area contributed by atoms with Crippen molar-refractivity contribution in [3.63, 3.8) is 0 Å². The van der Waals surface area contributed by atoms with Gasteiger partial charge in [-0.3, -0.25) is 9.36 Å². The van der Waals surface area contributed by atoms with Gasteiger partial charge in [-0.1, -0.05) is 13.8 Å². The molecule has 2 rings (SSSR count). The fourth-order valence-electron chi connectivity index (χ4n) is 1.98. The summed E-state index contributed by atoms with van der Waals surface area (Å²) in [7, 11) is 1.91. The first-order valence-electron chi connectivity index (χ1n) is 6.31. The zero-order valence-electron chi connectivity index (χ0n) is 11.5. The lowest BCUT2D eigenvalue weighted by Gasteiger charge is -2.03. The van der Waals surface area contributed by atoms with E-state index in [0.717, 1.165) is 35.6 Å². The first kappa shape index (κ1) is 12.7. The fourth-order valence-corrected chi connectivity index (χ4v) is 1.98. The topological polar surface area (TPSA) is 61.7 Å². The molecule has 2 aromatic heterocycles. The fraction of sp³-hybridized carbons (Fsp3) is 0.538. The molecule has 0 saturated heterocycles. The highest BCUT2D eigenvalue weighted by Gasteiger charge is 2.13. The van der Waals surface area contributed by atoms with E-state index in [0.29, 0.717) is 5.92 Å². The van der Waals surface area contributed by atoms with Crippen molar-refractivity contribution in [2.24, 2.45) is 13.0 Å². The molecule has 2 heterocycles. The van der Waals surface area contributed by atoms with Gasteiger partial charge in [0.25, 0.3) is 0 Å². The first-order chi connectivity index (χ1) is 8.47. The van der Waals surface area contributed by atoms with Crippen molar-refractivity contribution in [3.05, 3.63) is 18.1 Å². The van der Waals surface area contributed by atoms with Crippen LogP contribution in [0.4, 0.5) is 5.69 Å². The zero-order chi connectivity index (χ0) is 13.3. The molecule has 0 saturated carbocycles. The van der Waals surface area contributed by atoms with E-state index in [2.05, 4.69) is 24.0 Å². The lowest BCUT2D eigenvalue weighted by Crippen LogP contribution is -2.02. The highest BCUT2D eigenvalue weighted by atomic mass is 15.3. The van der Waals surface area contributed by atoms with Gasteiger partial charge >= 0.3 is 0 Å². The molecule has 2 N–H and O–H groups in total. The van der Waals surface area contributed by atoms with Crippen molar-refractivity contribution in [2.75, 3.05) is 5.73 Å². The molecule has 18 heavy (non-hydrogen) atoms. The van der Waals surface area contributed by atoms with E-state index in [-0.39, 0.29) is 0 Å². The van der Waals surface area contributed by atoms with E-state index in [1.807, 2.05) is 31.0 Å². The van der Waals surface area contributed by atoms with Crippen molar-refractivity contribution >= 4 is 5.69 Å². The van der Waals surface area contributed by atoms with Crippen molar-refractivity contribution in [3.8, 4) is 11.3 Å². The summed E-state index contributed by atoms with van der Waals surface area (Å²) in [6.45, 7) is 7.29. The minimum absolute atomic E-state index is 0.666. The smallest absolute Gasteiger partial charge is 0.119 e. The van der Waals surface area contributed by atoms with Gasteiger partial charge in [0.05, 0.1) is 11.4 Å². The monoisotopic (exact) mass is 247 g/mol. The molecule has 0 spiro atoms. The molecule has 0 unspecified atom stereocenters. The molecule has 2 aromatic rings. The molecule has 98 valence electrons. The highest BCUT2D eigenvalue weighted by molar-refractivity contribution is 5.73. The predicted molar refractivity (Wildman–Crippen MR) is 73.0 cm³/mol. The van der Waals surface area contributed by atoms with Crippen molar-refractivity contribution in [1.29, 1.82) is 0 Å². The quantitative estimate of drug-likeness (QED) is 0.901. The van der Waals surface area contributed by atoms with Crippen LogP contribution in [-0.4, -0.2) is 19.6 Å². The lowest BCUT2D eigenvalue weighted by molar-refractivity contribution is 0.488. The minimum Gasteiger partial charge on any atom is -0.396 e. The minimum atomic E-state index is 0.666. The van der Waals surface area contributed by atoms with Gasteiger partial charge < -0.3 is 5.73 Å². The molecule has 0 atom stereocenters. The molecule has 0 bridgehead atoms. The predicted octanol–water partition coefficient (Wildman–Crippen LogP) is 2.22. The first-order valence-corrected chi connectivity index (χ1v) is 6.31. The van der Waals surface area contributed by atoms with Gasteiger partial charge in [0.15, 0.2) is 0 Å². The van der Waals surface area contributed by atoms with Gasteiger partial charge in [-0.05, 0) is 19.3 Å². The molecular weight excluding hydrogens is 226 g/mol. The van der Waals surface area contributed by atoms with Crippen LogP contribution in [-0.2, 0) is 13.6 Å². The average Bonchev–Trinajstić information content (AvgIpc) is 2.79. The maximum Gasteiger partial charge on any atom is 0.119 e. The number of nitrogen functional groups attached to an aromatic ring is 1. The summed E-state index contributed by atoms with van der Waals surface area (Å²) in [5, 5.41) is 8.89. The van der Waals surface area contributed by atoms with Crippen LogP contribution in [0.2, 0.25) is 0 Å². The molecule has 0 aliphatic carbocycles. The van der Waals surface area contributed by atoms with Crippen LogP contribution in [0.5, 0.6) is 0 Å². The van der Waals surface area contributed by atoms with Crippen molar-refractivity contribution in [1.82, 2.24) is 19.6 Å². The van der Waals surface area contributed by atoms with Crippen LogP contribution in [0.25, 0.3) is 11.3 Å². The van der Waals surface area contributed by atoms with Crippen LogP contribution in [0.3, 0.4) is 0 Å². The molecule has 0 aromatic carbocycles. The summed E-state index contributed by atoms with van der Waals surface area (Å²) >= 11 is 0. The Hall–Kier alpha value is -1.78. The van der Waals surface area contributed by atoms with Gasteiger partial charge in [0.2, 0.25) is 0 Å². The second-order valence-corrected chi connectivity index (χ2v) is 5.18. The third kappa shape index (κ3) is 2.55. The third-order valence-corrected chi connectivity index (χ3v) is 2.99. The number of hydrogen-bond acceptors (Lipinski definition) is 3. The standard InChI is InChI=1S/C13H21N5/c1-9(2)5-6-18-8-12(14)13(16-18)11-7-17(4)15-10(11)3/h7-9H,5-6,14H2,1-4H3. The summed E-state index contributed by atoms with van der Waals surface area (Å²) in [4.78, 5) is 0. The second-order valence-electron chi connectivity index (χ2n) is 5.18. The number of nitrogens with zero attached hydrogens (tertiary/aromatic N) is 4. The molecule has 5 heteroatoms. The summed E-state index contributed by atoms with van der Waals surface area (Å²) in [5.74, 6) is 0.666. The number of nitrogens with two attached hydrogens (primary N) is 1. The van der Waals surface area contributed by atoms with Gasteiger partial charge in [-0.25, -0.2) is 0 Å². The largest absolute Gasteiger partial charge is 0.396 e. The van der Waals surface area contributed by atoms with Crippen molar-refractivity contribution in [2.45, 2.75) is 33.7 Å². The Morgan fingerprint density at radius 2 is 2.00 bits per heavy atom. The van der Waals surface area contributed by atoms with Crippen LogP contribution in [0.1, 0.15) is 26.0 Å². The number of hydrogen-bond donors (Lipinski definition) is 1. The normalized spacial score (nSPS) is 11.4. The number of rotatable bonds is 4. The Balaban J connectivity index is 2.26. The molecule has 5 nitrogen and oxygen atoms in total. The van der Waals surface area contributed by atoms with Crippen LogP contribution < -0.4 is 5.73 Å². The Bertz CT molecular complexity index is 536. The van der Waals surface area contributed by atoms with E-state index in [1.54, 1.807) is 4.68 Å². The Morgan fingerprint density at radius 3 is 2.56 bits per heavy atom. The van der Waals surface area contributed by atoms with E-state index in [9.17, 15) is 0 Å². The maximum absolute atomic E-state index is 6.04. The van der Waals surface area contributed by atoms with Gasteiger partial charge in [-0.15, -0.1) is 0 Å². The summed E-state index contributed by atoms with van der Waals surface area (Å²) in [6.07, 6.45) is 4.97. The maximum atomic E-state index is 6.04. The van der Waals surface area contributed by atoms with E-state index in [1.165, 1.54) is 0 Å². The van der Waals surface area contributed by atoms with Crippen LogP contribution >= 0.6 is 0 Å². The molecule has 0 aliphatic heterocycles. The zero-order valence-corrected chi connectivity index (χ0v) is 11.5. The Morgan fingerprint density at radius 1 is 1.28 bits per heavy atom. The summed E-state index contributed by atoms with van der Waals surface area (Å²) in [6, 6.07) is 0. The van der Waals surface area contributed by atoms with E-state index >= 15 is 0 Å². The SMILES string of the molecule is Cc1nn(C)cc1-c1nn(CCC(C)C)cc1N. The Labute approximate surface area is 108 Å². The molecular formula is C13H21N5. The summed E-state index contributed by atoms with van der Waals surface area (Å²) in [5.41, 5.74) is 9.56. The Kier molecular flexibility index (Phi) is 3.41. The van der Waals surface area contributed by atoms with Crippen LogP contribution in [0, 0.1) is 12.8 Å². The molecule has 0 aliphatic rings. The van der Waals surface area contributed by atoms with Gasteiger partial charge in [0, 0.05) is 31.5 Å². The van der Waals surface area contributed by atoms with Crippen LogP contribution in [0.15, 0.2) is 12.4 Å². The number of aromatic nitrogens is 4. The van der Waals surface area contributed by atoms with E-state index in [4.69, 9.17) is 5.73 Å². The molecule has 0 amide bonds. The number of anilines is 1. The average molecular weight is 247 g/mol. The summed E-state index contributed by atoms with van der Waals surface area (Å²) < 4.78 is 3.72. The lowest BCUT2D eigenvalue weighted by atomic mass is 10.1. The second kappa shape index (κ2) is 4.84. The molecule has 0 fully saturated rings. The highest BCUT2D eigenvalue weighted by Crippen LogP contribution is 2.26. The van der Waals surface area contributed by atoms with E-state index < -0.39 is 0 Å². The van der Waals surface area contributed by atoms with Gasteiger partial charge in [0.1, 0.15) is 5.69 Å². The molecule has 0 radical (unpaired) electrons. The van der Waals surface area contributed by atoms with Gasteiger partial charge in [-0.2, -0.15) is 10.2 Å². The number of aryl methyl sites for hydroxylation is 3. The van der Waals surface area contributed by atoms with Crippen molar-refractivity contribution < 1.29 is 0 Å². The third-order valence-electron chi connectivity index (χ3n) is 2.99.